The van der Waals surface area contributed by atoms with Crippen molar-refractivity contribution in [2.24, 2.45) is 0 Å². The first kappa shape index (κ1) is 21.1. The molecule has 0 aromatic heterocycles. The molecule has 27 heavy (non-hydrogen) atoms. The molecule has 0 spiro atoms. The number of ether oxygens (including phenoxy) is 1. The molecule has 0 fully saturated rings. The first-order valence-electron chi connectivity index (χ1n) is 8.08. The van der Waals surface area contributed by atoms with Crippen molar-refractivity contribution < 1.29 is 27.8 Å². The van der Waals surface area contributed by atoms with E-state index < -0.39 is 29.4 Å². The predicted octanol–water partition coefficient (Wildman–Crippen LogP) is 4.37. The lowest BCUT2D eigenvalue weighted by atomic mass is 10.0. The third kappa shape index (κ3) is 5.61. The van der Waals surface area contributed by atoms with Crippen LogP contribution in [0.5, 0.6) is 5.75 Å². The van der Waals surface area contributed by atoms with Crippen molar-refractivity contribution in [3.05, 3.63) is 64.7 Å². The summed E-state index contributed by atoms with van der Waals surface area (Å²) in [5, 5.41) is 13.1. The molecule has 2 aromatic carbocycles. The molecule has 0 aliphatic heterocycles. The van der Waals surface area contributed by atoms with Gasteiger partial charge >= 0.3 is 6.18 Å². The van der Waals surface area contributed by atoms with Crippen molar-refractivity contribution >= 4 is 17.5 Å². The molecule has 0 aliphatic carbocycles. The lowest BCUT2D eigenvalue weighted by Crippen LogP contribution is -2.47. The number of alkyl halides is 3. The summed E-state index contributed by atoms with van der Waals surface area (Å²) in [6.07, 6.45) is -6.11. The van der Waals surface area contributed by atoms with Crippen LogP contribution >= 0.6 is 11.6 Å². The third-order valence-electron chi connectivity index (χ3n) is 3.81. The number of hydrogen-bond acceptors (Lipinski definition) is 3. The van der Waals surface area contributed by atoms with Crippen molar-refractivity contribution in [3.8, 4) is 5.75 Å². The molecule has 1 unspecified atom stereocenters. The molecule has 0 saturated carbocycles. The number of halogens is 4. The summed E-state index contributed by atoms with van der Waals surface area (Å²) in [6.45, 7) is 2.62. The van der Waals surface area contributed by atoms with Crippen LogP contribution in [0.1, 0.15) is 31.1 Å². The van der Waals surface area contributed by atoms with Gasteiger partial charge in [0.1, 0.15) is 5.75 Å². The maximum Gasteiger partial charge on any atom is 0.416 e. The van der Waals surface area contributed by atoms with Crippen molar-refractivity contribution in [2.75, 3.05) is 6.54 Å². The molecule has 2 aromatic rings. The zero-order chi connectivity index (χ0) is 20.2. The molecule has 2 N–H and O–H groups in total. The molecule has 0 heterocycles. The van der Waals surface area contributed by atoms with Crippen LogP contribution in [0.3, 0.4) is 0 Å². The molecule has 0 saturated heterocycles. The minimum Gasteiger partial charge on any atom is -0.478 e. The highest BCUT2D eigenvalue weighted by Crippen LogP contribution is 2.34. The van der Waals surface area contributed by atoms with E-state index in [9.17, 15) is 23.1 Å². The highest BCUT2D eigenvalue weighted by atomic mass is 35.5. The lowest BCUT2D eigenvalue weighted by molar-refractivity contribution is -0.139. The van der Waals surface area contributed by atoms with E-state index in [4.69, 9.17) is 16.3 Å². The summed E-state index contributed by atoms with van der Waals surface area (Å²) in [5.41, 5.74) is -2.55. The number of aliphatic hydroxyl groups is 1. The summed E-state index contributed by atoms with van der Waals surface area (Å²) < 4.78 is 44.7. The van der Waals surface area contributed by atoms with Crippen LogP contribution in [0.4, 0.5) is 13.2 Å². The molecule has 146 valence electrons. The maximum absolute atomic E-state index is 13.0. The first-order chi connectivity index (χ1) is 12.5. The van der Waals surface area contributed by atoms with E-state index in [0.29, 0.717) is 10.8 Å². The Bertz CT molecular complexity index is 792. The standard InChI is InChI=1S/C19H19ClF3NO3/c1-18(2,27-13-9-7-12(20)8-10-13)17(26)24-11-16(25)14-5-3-4-6-15(14)19(21,22)23/h3-10,16,25H,11H2,1-2H3,(H,24,26). The van der Waals surface area contributed by atoms with Crippen LogP contribution in [0.2, 0.25) is 5.02 Å². The van der Waals surface area contributed by atoms with Gasteiger partial charge in [0.05, 0.1) is 11.7 Å². The Balaban J connectivity index is 2.03. The zero-order valence-corrected chi connectivity index (χ0v) is 15.4. The Hall–Kier alpha value is -2.25. The Morgan fingerprint density at radius 3 is 2.33 bits per heavy atom. The van der Waals surface area contributed by atoms with Gasteiger partial charge in [-0.25, -0.2) is 0 Å². The Morgan fingerprint density at radius 2 is 1.74 bits per heavy atom. The Labute approximate surface area is 159 Å². The van der Waals surface area contributed by atoms with Gasteiger partial charge in [-0.1, -0.05) is 29.8 Å². The highest BCUT2D eigenvalue weighted by molar-refractivity contribution is 6.30. The van der Waals surface area contributed by atoms with Crippen molar-refractivity contribution in [1.29, 1.82) is 0 Å². The van der Waals surface area contributed by atoms with Crippen molar-refractivity contribution in [1.82, 2.24) is 5.32 Å². The minimum atomic E-state index is -4.60. The van der Waals surface area contributed by atoms with E-state index in [0.717, 1.165) is 6.07 Å². The van der Waals surface area contributed by atoms with E-state index in [1.54, 1.807) is 24.3 Å². The number of aliphatic hydroxyl groups excluding tert-OH is 1. The molecule has 0 aliphatic rings. The monoisotopic (exact) mass is 401 g/mol. The molecule has 0 bridgehead atoms. The average molecular weight is 402 g/mol. The summed E-state index contributed by atoms with van der Waals surface area (Å²) in [6, 6.07) is 11.1. The molecule has 8 heteroatoms. The van der Waals surface area contributed by atoms with Crippen LogP contribution < -0.4 is 10.1 Å². The molecular weight excluding hydrogens is 383 g/mol. The lowest BCUT2D eigenvalue weighted by Gasteiger charge is -2.26. The van der Waals surface area contributed by atoms with Crippen LogP contribution in [0.15, 0.2) is 48.5 Å². The number of benzene rings is 2. The molecule has 2 rings (SSSR count). The second-order valence-corrected chi connectivity index (χ2v) is 6.81. The maximum atomic E-state index is 13.0. The van der Waals surface area contributed by atoms with Crippen molar-refractivity contribution in [3.63, 3.8) is 0 Å². The van der Waals surface area contributed by atoms with Gasteiger partial charge in [-0.2, -0.15) is 13.2 Å². The number of hydrogen-bond donors (Lipinski definition) is 2. The summed E-state index contributed by atoms with van der Waals surface area (Å²) in [5.74, 6) is -0.177. The van der Waals surface area contributed by atoms with Crippen LogP contribution in [0, 0.1) is 0 Å². The number of carbonyl (C=O) groups is 1. The molecule has 4 nitrogen and oxygen atoms in total. The SMILES string of the molecule is CC(C)(Oc1ccc(Cl)cc1)C(=O)NCC(O)c1ccccc1C(F)(F)F. The van der Waals surface area contributed by atoms with Gasteiger partial charge in [-0.3, -0.25) is 4.79 Å². The second-order valence-electron chi connectivity index (χ2n) is 6.38. The van der Waals surface area contributed by atoms with Crippen molar-refractivity contribution in [2.45, 2.75) is 31.7 Å². The summed E-state index contributed by atoms with van der Waals surface area (Å²) >= 11 is 5.79. The van der Waals surface area contributed by atoms with Gasteiger partial charge in [-0.05, 0) is 49.7 Å². The van der Waals surface area contributed by atoms with Gasteiger partial charge in [0.25, 0.3) is 5.91 Å². The average Bonchev–Trinajstić information content (AvgIpc) is 2.60. The number of amides is 1. The smallest absolute Gasteiger partial charge is 0.416 e. The number of carbonyl (C=O) groups excluding carboxylic acids is 1. The third-order valence-corrected chi connectivity index (χ3v) is 4.07. The van der Waals surface area contributed by atoms with Gasteiger partial charge in [0.2, 0.25) is 0 Å². The van der Waals surface area contributed by atoms with Gasteiger partial charge < -0.3 is 15.2 Å². The molecule has 0 radical (unpaired) electrons. The molecule has 1 amide bonds. The van der Waals surface area contributed by atoms with Crippen LogP contribution in [-0.2, 0) is 11.0 Å². The van der Waals surface area contributed by atoms with E-state index in [1.165, 1.54) is 32.0 Å². The topological polar surface area (TPSA) is 58.6 Å². The number of nitrogens with one attached hydrogen (secondary N) is 1. The zero-order valence-electron chi connectivity index (χ0n) is 14.7. The fourth-order valence-corrected chi connectivity index (χ4v) is 2.53. The Kier molecular flexibility index (Phi) is 6.38. The van der Waals surface area contributed by atoms with E-state index in [1.807, 2.05) is 0 Å². The fraction of sp³-hybridized carbons (Fsp3) is 0.316. The predicted molar refractivity (Wildman–Crippen MR) is 95.6 cm³/mol. The largest absolute Gasteiger partial charge is 0.478 e. The quantitative estimate of drug-likeness (QED) is 0.755. The molecule has 1 atom stereocenters. The summed E-state index contributed by atoms with van der Waals surface area (Å²) in [4.78, 5) is 12.4. The van der Waals surface area contributed by atoms with Gasteiger partial charge in [0.15, 0.2) is 5.60 Å². The summed E-state index contributed by atoms with van der Waals surface area (Å²) in [7, 11) is 0. The van der Waals surface area contributed by atoms with Crippen LogP contribution in [0.25, 0.3) is 0 Å². The second kappa shape index (κ2) is 8.19. The Morgan fingerprint density at radius 1 is 1.15 bits per heavy atom. The van der Waals surface area contributed by atoms with Gasteiger partial charge in [0, 0.05) is 11.6 Å². The number of rotatable bonds is 6. The van der Waals surface area contributed by atoms with E-state index in [-0.39, 0.29) is 12.1 Å². The van der Waals surface area contributed by atoms with E-state index >= 15 is 0 Å². The van der Waals surface area contributed by atoms with E-state index in [2.05, 4.69) is 5.32 Å². The fourth-order valence-electron chi connectivity index (χ4n) is 2.40. The van der Waals surface area contributed by atoms with Gasteiger partial charge in [-0.15, -0.1) is 0 Å². The molecular formula is C19H19ClF3NO3. The highest BCUT2D eigenvalue weighted by Gasteiger charge is 2.35. The minimum absolute atomic E-state index is 0.304. The van der Waals surface area contributed by atoms with Crippen LogP contribution in [-0.4, -0.2) is 23.2 Å². The normalized spacial score (nSPS) is 13.1. The first-order valence-corrected chi connectivity index (χ1v) is 8.45.